The van der Waals surface area contributed by atoms with Gasteiger partial charge in [0.15, 0.2) is 0 Å². The van der Waals surface area contributed by atoms with E-state index in [4.69, 9.17) is 0 Å². The van der Waals surface area contributed by atoms with Crippen LogP contribution in [0.5, 0.6) is 0 Å². The van der Waals surface area contributed by atoms with Crippen molar-refractivity contribution in [1.29, 1.82) is 0 Å². The molecule has 0 amide bonds. The molecule has 0 fully saturated rings. The molecule has 3 heterocycles. The van der Waals surface area contributed by atoms with Gasteiger partial charge in [0.1, 0.15) is 5.82 Å². The molecule has 194 valence electrons. The van der Waals surface area contributed by atoms with Gasteiger partial charge in [-0.05, 0) is 71.9 Å². The smallest absolute Gasteiger partial charge is 0.125 e. The third-order valence-corrected chi connectivity index (χ3v) is 5.23. The highest BCUT2D eigenvalue weighted by atomic mass is 14.8. The van der Waals surface area contributed by atoms with E-state index in [0.29, 0.717) is 0 Å². The first-order valence-electron chi connectivity index (χ1n) is 12.0. The fraction of sp³-hybridized carbons (Fsp3) is 0.281. The molecule has 0 unspecified atom stereocenters. The highest BCUT2D eigenvalue weighted by Gasteiger charge is 1.98. The van der Waals surface area contributed by atoms with E-state index in [1.165, 1.54) is 27.5 Å². The Balaban J connectivity index is 0.000000249. The highest BCUT2D eigenvalue weighted by Crippen LogP contribution is 2.18. The van der Waals surface area contributed by atoms with E-state index in [1.54, 1.807) is 12.4 Å². The molecule has 5 nitrogen and oxygen atoms in total. The summed E-state index contributed by atoms with van der Waals surface area (Å²) >= 11 is 0. The summed E-state index contributed by atoms with van der Waals surface area (Å²) in [6, 6.07) is 16.9. The molecule has 0 bridgehead atoms. The zero-order valence-electron chi connectivity index (χ0n) is 22.7. The summed E-state index contributed by atoms with van der Waals surface area (Å²) in [5.41, 5.74) is 8.06. The van der Waals surface area contributed by atoms with Gasteiger partial charge in [-0.2, -0.15) is 0 Å². The number of aromatic nitrogens is 5. The van der Waals surface area contributed by atoms with E-state index in [1.807, 2.05) is 53.2 Å². The number of aryl methyl sites for hydroxylation is 8. The Bertz CT molecular complexity index is 1120. The second-order valence-electron chi connectivity index (χ2n) is 8.83. The summed E-state index contributed by atoms with van der Waals surface area (Å²) in [7, 11) is 0. The Morgan fingerprint density at radius 1 is 0.432 bits per heavy atom. The van der Waals surface area contributed by atoms with Crippen molar-refractivity contribution in [3.8, 4) is 0 Å². The van der Waals surface area contributed by atoms with Crippen molar-refractivity contribution < 1.29 is 0 Å². The van der Waals surface area contributed by atoms with Gasteiger partial charge in [0, 0.05) is 42.1 Å². The number of pyridine rings is 1. The van der Waals surface area contributed by atoms with Crippen molar-refractivity contribution >= 4 is 10.8 Å². The van der Waals surface area contributed by atoms with E-state index >= 15 is 0 Å². The van der Waals surface area contributed by atoms with Gasteiger partial charge in [-0.1, -0.05) is 67.1 Å². The standard InChI is InChI=1S/C11H11N.C8H10.2C6H8N2.CH4/c1-8-7-12-9(2)11-6-4-3-5-10(8)11;1-7-3-5-8(2)6-4-7;1-5-3-8-6(2)4-7-5;1-5-3-7-6(2)8-4-5;/h3-7H,1-2H3;3-6H,1-2H3;2*3-4H,1-2H3;1H4. The molecule has 5 heteroatoms. The number of hydrogen-bond acceptors (Lipinski definition) is 5. The number of nitrogens with zero attached hydrogens (tertiary/aromatic N) is 5. The molecule has 5 rings (SSSR count). The Morgan fingerprint density at radius 3 is 1.30 bits per heavy atom. The molecule has 0 aliphatic carbocycles. The summed E-state index contributed by atoms with van der Waals surface area (Å²) in [6.07, 6.45) is 9.06. The molecule has 0 atom stereocenters. The van der Waals surface area contributed by atoms with Crippen molar-refractivity contribution in [1.82, 2.24) is 24.9 Å². The third-order valence-electron chi connectivity index (χ3n) is 5.23. The molecular formula is C32H41N5. The van der Waals surface area contributed by atoms with Gasteiger partial charge in [0.2, 0.25) is 0 Å². The monoisotopic (exact) mass is 495 g/mol. The van der Waals surface area contributed by atoms with Crippen LogP contribution in [-0.2, 0) is 0 Å². The topological polar surface area (TPSA) is 64.5 Å². The average molecular weight is 496 g/mol. The van der Waals surface area contributed by atoms with Gasteiger partial charge in [-0.3, -0.25) is 15.0 Å². The van der Waals surface area contributed by atoms with E-state index < -0.39 is 0 Å². The maximum Gasteiger partial charge on any atom is 0.125 e. The molecule has 0 saturated carbocycles. The van der Waals surface area contributed by atoms with Crippen LogP contribution in [0.3, 0.4) is 0 Å². The van der Waals surface area contributed by atoms with Crippen LogP contribution in [0.1, 0.15) is 52.6 Å². The van der Waals surface area contributed by atoms with Crippen LogP contribution in [0, 0.1) is 55.4 Å². The van der Waals surface area contributed by atoms with Gasteiger partial charge >= 0.3 is 0 Å². The van der Waals surface area contributed by atoms with Crippen LogP contribution in [-0.4, -0.2) is 24.9 Å². The second-order valence-corrected chi connectivity index (χ2v) is 8.83. The van der Waals surface area contributed by atoms with Gasteiger partial charge in [-0.15, -0.1) is 0 Å². The number of rotatable bonds is 0. The quantitative estimate of drug-likeness (QED) is 0.218. The first-order valence-corrected chi connectivity index (χ1v) is 12.0. The van der Waals surface area contributed by atoms with Crippen molar-refractivity contribution in [2.24, 2.45) is 0 Å². The summed E-state index contributed by atoms with van der Waals surface area (Å²) in [4.78, 5) is 20.3. The van der Waals surface area contributed by atoms with Gasteiger partial charge in [0.05, 0.1) is 11.4 Å². The molecule has 5 aromatic rings. The van der Waals surface area contributed by atoms with Crippen molar-refractivity contribution in [2.45, 2.75) is 62.8 Å². The lowest BCUT2D eigenvalue weighted by Crippen LogP contribution is -1.86. The van der Waals surface area contributed by atoms with Crippen LogP contribution >= 0.6 is 0 Å². The minimum absolute atomic E-state index is 0. The Labute approximate surface area is 223 Å². The zero-order valence-corrected chi connectivity index (χ0v) is 22.7. The molecule has 0 aliphatic rings. The molecular weight excluding hydrogens is 454 g/mol. The molecule has 0 radical (unpaired) electrons. The molecule has 37 heavy (non-hydrogen) atoms. The molecule has 0 N–H and O–H groups in total. The molecule has 0 aliphatic heterocycles. The zero-order chi connectivity index (χ0) is 26.5. The minimum Gasteiger partial charge on any atom is -0.261 e. The lowest BCUT2D eigenvalue weighted by Gasteiger charge is -2.02. The highest BCUT2D eigenvalue weighted by molar-refractivity contribution is 5.86. The normalized spacial score (nSPS) is 9.41. The van der Waals surface area contributed by atoms with E-state index in [-0.39, 0.29) is 7.43 Å². The van der Waals surface area contributed by atoms with E-state index in [0.717, 1.165) is 28.5 Å². The number of fused-ring (bicyclic) bond motifs is 1. The average Bonchev–Trinajstić information content (AvgIpc) is 2.88. The summed E-state index contributed by atoms with van der Waals surface area (Å²) in [5.74, 6) is 0.829. The predicted octanol–water partition coefficient (Wildman–Crippen LogP) is 7.98. The fourth-order valence-electron chi connectivity index (χ4n) is 3.03. The van der Waals surface area contributed by atoms with E-state index in [2.05, 4.69) is 94.2 Å². The van der Waals surface area contributed by atoms with Crippen LogP contribution in [0.2, 0.25) is 0 Å². The maximum absolute atomic E-state index is 4.31. The van der Waals surface area contributed by atoms with E-state index in [9.17, 15) is 0 Å². The van der Waals surface area contributed by atoms with Crippen molar-refractivity contribution in [3.63, 3.8) is 0 Å². The van der Waals surface area contributed by atoms with Crippen LogP contribution in [0.4, 0.5) is 0 Å². The molecule has 0 saturated heterocycles. The van der Waals surface area contributed by atoms with Gasteiger partial charge in [0.25, 0.3) is 0 Å². The SMILES string of the molecule is C.Cc1ccc(C)cc1.Cc1cnc(C)c2ccccc12.Cc1cnc(C)cn1.Cc1cnc(C)nc1. The summed E-state index contributed by atoms with van der Waals surface area (Å²) in [6.45, 7) is 16.0. The van der Waals surface area contributed by atoms with Crippen LogP contribution < -0.4 is 0 Å². The van der Waals surface area contributed by atoms with Gasteiger partial charge < -0.3 is 0 Å². The first-order chi connectivity index (χ1) is 17.2. The summed E-state index contributed by atoms with van der Waals surface area (Å²) < 4.78 is 0. The molecule has 2 aromatic carbocycles. The number of benzene rings is 2. The van der Waals surface area contributed by atoms with Crippen LogP contribution in [0.15, 0.2) is 79.5 Å². The largest absolute Gasteiger partial charge is 0.261 e. The van der Waals surface area contributed by atoms with Gasteiger partial charge in [-0.25, -0.2) is 9.97 Å². The fourth-order valence-corrected chi connectivity index (χ4v) is 3.03. The Kier molecular flexibility index (Phi) is 13.3. The minimum atomic E-state index is 0. The van der Waals surface area contributed by atoms with Crippen LogP contribution in [0.25, 0.3) is 10.8 Å². The first kappa shape index (κ1) is 31.0. The predicted molar refractivity (Wildman–Crippen MR) is 157 cm³/mol. The van der Waals surface area contributed by atoms with Crippen molar-refractivity contribution in [2.75, 3.05) is 0 Å². The summed E-state index contributed by atoms with van der Waals surface area (Å²) in [5, 5.41) is 2.57. The number of hydrogen-bond donors (Lipinski definition) is 0. The lowest BCUT2D eigenvalue weighted by atomic mass is 10.1. The third kappa shape index (κ3) is 11.5. The van der Waals surface area contributed by atoms with Crippen molar-refractivity contribution in [3.05, 3.63) is 125 Å². The maximum atomic E-state index is 4.31. The molecule has 3 aromatic heterocycles. The second kappa shape index (κ2) is 15.9. The Hall–Kier alpha value is -3.99. The molecule has 0 spiro atoms. The lowest BCUT2D eigenvalue weighted by molar-refractivity contribution is 1.03. The Morgan fingerprint density at radius 2 is 0.892 bits per heavy atom.